The highest BCUT2D eigenvalue weighted by atomic mass is 35.5. The van der Waals surface area contributed by atoms with Crippen LogP contribution in [0.15, 0.2) is 36.4 Å². The quantitative estimate of drug-likeness (QED) is 0.612. The third-order valence-corrected chi connectivity index (χ3v) is 4.17. The molecular formula is C15H12Cl3F. The van der Waals surface area contributed by atoms with Gasteiger partial charge in [0, 0.05) is 15.6 Å². The van der Waals surface area contributed by atoms with Crippen LogP contribution >= 0.6 is 34.8 Å². The van der Waals surface area contributed by atoms with Crippen LogP contribution in [0.4, 0.5) is 4.39 Å². The molecule has 0 saturated carbocycles. The van der Waals surface area contributed by atoms with Crippen LogP contribution < -0.4 is 0 Å². The number of alkyl halides is 1. The lowest BCUT2D eigenvalue weighted by Gasteiger charge is -2.13. The average Bonchev–Trinajstić information content (AvgIpc) is 2.37. The summed E-state index contributed by atoms with van der Waals surface area (Å²) >= 11 is 18.4. The van der Waals surface area contributed by atoms with E-state index in [2.05, 4.69) is 0 Å². The minimum Gasteiger partial charge on any atom is -0.207 e. The van der Waals surface area contributed by atoms with Gasteiger partial charge in [-0.05, 0) is 42.7 Å². The molecule has 2 aromatic rings. The lowest BCUT2D eigenvalue weighted by Crippen LogP contribution is -2.00. The number of hydrogen-bond donors (Lipinski definition) is 0. The molecule has 0 spiro atoms. The summed E-state index contributed by atoms with van der Waals surface area (Å²) in [4.78, 5) is 0. The van der Waals surface area contributed by atoms with E-state index >= 15 is 0 Å². The number of halogens is 4. The van der Waals surface area contributed by atoms with Gasteiger partial charge in [0.15, 0.2) is 0 Å². The molecule has 4 heteroatoms. The molecule has 1 unspecified atom stereocenters. The average molecular weight is 318 g/mol. The third-order valence-electron chi connectivity index (χ3n) is 3.00. The van der Waals surface area contributed by atoms with Gasteiger partial charge in [-0.25, -0.2) is 4.39 Å². The number of hydrogen-bond acceptors (Lipinski definition) is 0. The highest BCUT2D eigenvalue weighted by Crippen LogP contribution is 2.31. The molecule has 2 aromatic carbocycles. The van der Waals surface area contributed by atoms with E-state index in [-0.39, 0.29) is 11.2 Å². The first-order valence-electron chi connectivity index (χ1n) is 5.82. The van der Waals surface area contributed by atoms with Gasteiger partial charge >= 0.3 is 0 Å². The molecule has 0 amide bonds. The van der Waals surface area contributed by atoms with Crippen molar-refractivity contribution >= 4 is 34.8 Å². The van der Waals surface area contributed by atoms with Crippen molar-refractivity contribution in [3.63, 3.8) is 0 Å². The van der Waals surface area contributed by atoms with Crippen molar-refractivity contribution in [2.24, 2.45) is 0 Å². The Morgan fingerprint density at radius 2 is 1.84 bits per heavy atom. The van der Waals surface area contributed by atoms with Crippen LogP contribution in [0.2, 0.25) is 10.0 Å². The molecule has 0 saturated heterocycles. The zero-order valence-corrected chi connectivity index (χ0v) is 12.5. The normalized spacial score (nSPS) is 12.5. The first-order valence-corrected chi connectivity index (χ1v) is 7.01. The standard InChI is InChI=1S/C15H12Cl3F/c1-9-5-6-10(7-13(9)17)14(18)8-11-12(16)3-2-4-15(11)19/h2-7,14H,8H2,1H3. The van der Waals surface area contributed by atoms with E-state index in [0.29, 0.717) is 22.0 Å². The van der Waals surface area contributed by atoms with Crippen LogP contribution in [0, 0.1) is 12.7 Å². The van der Waals surface area contributed by atoms with Crippen LogP contribution in [0.25, 0.3) is 0 Å². The molecule has 19 heavy (non-hydrogen) atoms. The number of rotatable bonds is 3. The van der Waals surface area contributed by atoms with Gasteiger partial charge in [0.05, 0.1) is 5.38 Å². The van der Waals surface area contributed by atoms with E-state index < -0.39 is 0 Å². The maximum atomic E-state index is 13.7. The lowest BCUT2D eigenvalue weighted by atomic mass is 10.0. The maximum absolute atomic E-state index is 13.7. The Kier molecular flexibility index (Phi) is 4.72. The minimum absolute atomic E-state index is 0.326. The molecule has 0 radical (unpaired) electrons. The predicted molar refractivity (Wildman–Crippen MR) is 79.9 cm³/mol. The first kappa shape index (κ1) is 14.6. The van der Waals surface area contributed by atoms with Crippen LogP contribution in [0.5, 0.6) is 0 Å². The second kappa shape index (κ2) is 6.13. The minimum atomic E-state index is -0.368. The van der Waals surface area contributed by atoms with Crippen LogP contribution in [-0.4, -0.2) is 0 Å². The van der Waals surface area contributed by atoms with Gasteiger partial charge in [-0.3, -0.25) is 0 Å². The molecule has 0 aromatic heterocycles. The summed E-state index contributed by atoms with van der Waals surface area (Å²) in [5, 5.41) is 0.680. The van der Waals surface area contributed by atoms with Crippen LogP contribution in [0.3, 0.4) is 0 Å². The summed E-state index contributed by atoms with van der Waals surface area (Å²) in [5.41, 5.74) is 2.27. The predicted octanol–water partition coefficient (Wildman–Crippen LogP) is 5.96. The molecule has 0 heterocycles. The summed E-state index contributed by atoms with van der Waals surface area (Å²) in [6.07, 6.45) is 0.326. The number of benzene rings is 2. The molecule has 100 valence electrons. The summed E-state index contributed by atoms with van der Waals surface area (Å²) in [5.74, 6) is -0.337. The van der Waals surface area contributed by atoms with E-state index in [1.165, 1.54) is 6.07 Å². The van der Waals surface area contributed by atoms with E-state index in [0.717, 1.165) is 11.1 Å². The Hall–Kier alpha value is -0.760. The van der Waals surface area contributed by atoms with Crippen molar-refractivity contribution in [1.29, 1.82) is 0 Å². The van der Waals surface area contributed by atoms with Crippen molar-refractivity contribution in [2.75, 3.05) is 0 Å². The molecule has 0 fully saturated rings. The van der Waals surface area contributed by atoms with E-state index in [1.807, 2.05) is 25.1 Å². The van der Waals surface area contributed by atoms with Gasteiger partial charge in [-0.2, -0.15) is 0 Å². The zero-order valence-electron chi connectivity index (χ0n) is 10.3. The van der Waals surface area contributed by atoms with E-state index in [1.54, 1.807) is 12.1 Å². The van der Waals surface area contributed by atoms with Crippen molar-refractivity contribution < 1.29 is 4.39 Å². The second-order valence-corrected chi connectivity index (χ2v) is 5.72. The lowest BCUT2D eigenvalue weighted by molar-refractivity contribution is 0.607. The molecule has 2 rings (SSSR count). The van der Waals surface area contributed by atoms with Gasteiger partial charge < -0.3 is 0 Å². The van der Waals surface area contributed by atoms with Gasteiger partial charge in [0.1, 0.15) is 5.82 Å². The van der Waals surface area contributed by atoms with Gasteiger partial charge in [-0.15, -0.1) is 11.6 Å². The highest BCUT2D eigenvalue weighted by Gasteiger charge is 2.15. The third kappa shape index (κ3) is 3.42. The van der Waals surface area contributed by atoms with Crippen molar-refractivity contribution in [2.45, 2.75) is 18.7 Å². The zero-order chi connectivity index (χ0) is 14.0. The van der Waals surface area contributed by atoms with E-state index in [9.17, 15) is 4.39 Å². The maximum Gasteiger partial charge on any atom is 0.127 e. The molecule has 0 nitrogen and oxygen atoms in total. The monoisotopic (exact) mass is 316 g/mol. The van der Waals surface area contributed by atoms with Crippen molar-refractivity contribution in [1.82, 2.24) is 0 Å². The second-order valence-electron chi connectivity index (χ2n) is 4.38. The Balaban J connectivity index is 2.25. The SMILES string of the molecule is Cc1ccc(C(Cl)Cc2c(F)cccc2Cl)cc1Cl. The molecule has 0 aliphatic carbocycles. The Morgan fingerprint density at radius 3 is 2.47 bits per heavy atom. The van der Waals surface area contributed by atoms with Gasteiger partial charge in [0.2, 0.25) is 0 Å². The summed E-state index contributed by atoms with van der Waals surface area (Å²) in [7, 11) is 0. The van der Waals surface area contributed by atoms with Crippen molar-refractivity contribution in [3.05, 3.63) is 69.0 Å². The summed E-state index contributed by atoms with van der Waals surface area (Å²) < 4.78 is 13.7. The van der Waals surface area contributed by atoms with Crippen LogP contribution in [-0.2, 0) is 6.42 Å². The first-order chi connectivity index (χ1) is 8.99. The molecule has 0 N–H and O–H groups in total. The van der Waals surface area contributed by atoms with Crippen LogP contribution in [0.1, 0.15) is 22.1 Å². The van der Waals surface area contributed by atoms with Gasteiger partial charge in [0.25, 0.3) is 0 Å². The molecule has 0 aliphatic heterocycles. The summed E-state index contributed by atoms with van der Waals surface area (Å²) in [6.45, 7) is 1.92. The fraction of sp³-hybridized carbons (Fsp3) is 0.200. The Bertz CT molecular complexity index is 576. The smallest absolute Gasteiger partial charge is 0.127 e. The van der Waals surface area contributed by atoms with E-state index in [4.69, 9.17) is 34.8 Å². The van der Waals surface area contributed by atoms with Gasteiger partial charge in [-0.1, -0.05) is 41.4 Å². The summed E-state index contributed by atoms with van der Waals surface area (Å²) in [6, 6.07) is 10.2. The molecule has 0 aliphatic rings. The largest absolute Gasteiger partial charge is 0.207 e. The van der Waals surface area contributed by atoms with Crippen molar-refractivity contribution in [3.8, 4) is 0 Å². The Labute approximate surface area is 127 Å². The fourth-order valence-corrected chi connectivity index (χ4v) is 2.55. The number of aryl methyl sites for hydroxylation is 1. The molecule has 1 atom stereocenters. The highest BCUT2D eigenvalue weighted by molar-refractivity contribution is 6.32. The molecule has 0 bridgehead atoms. The fourth-order valence-electron chi connectivity index (χ4n) is 1.83. The topological polar surface area (TPSA) is 0 Å². The Morgan fingerprint density at radius 1 is 1.11 bits per heavy atom. The molecular weight excluding hydrogens is 306 g/mol.